The lowest BCUT2D eigenvalue weighted by Crippen LogP contribution is -2.16. The SMILES string of the molecule is COc1c(C)cc(Br)c(C)c1C(N)c1cc(Br)ccc1Cl. The van der Waals surface area contributed by atoms with Crippen LogP contribution in [0.5, 0.6) is 5.75 Å². The molecule has 2 rings (SSSR count). The maximum Gasteiger partial charge on any atom is 0.127 e. The minimum Gasteiger partial charge on any atom is -0.496 e. The van der Waals surface area contributed by atoms with Crippen LogP contribution in [0.3, 0.4) is 0 Å². The standard InChI is InChI=1S/C16H16Br2ClNO/c1-8-6-12(18)9(2)14(16(8)21-3)15(20)11-7-10(17)4-5-13(11)19/h4-7,15H,20H2,1-3H3. The molecule has 0 aliphatic rings. The number of hydrogen-bond acceptors (Lipinski definition) is 2. The van der Waals surface area contributed by atoms with Gasteiger partial charge in [0, 0.05) is 19.5 Å². The van der Waals surface area contributed by atoms with Gasteiger partial charge in [-0.3, -0.25) is 0 Å². The lowest BCUT2D eigenvalue weighted by atomic mass is 9.93. The van der Waals surface area contributed by atoms with Gasteiger partial charge in [-0.25, -0.2) is 0 Å². The quantitative estimate of drug-likeness (QED) is 0.690. The van der Waals surface area contributed by atoms with E-state index in [2.05, 4.69) is 31.9 Å². The van der Waals surface area contributed by atoms with Crippen molar-refractivity contribution in [3.05, 3.63) is 60.5 Å². The Labute approximate surface area is 146 Å². The molecule has 5 heteroatoms. The average molecular weight is 434 g/mol. The minimum absolute atomic E-state index is 0.360. The molecule has 1 unspecified atom stereocenters. The molecule has 0 amide bonds. The number of rotatable bonds is 3. The van der Waals surface area contributed by atoms with Gasteiger partial charge in [0.15, 0.2) is 0 Å². The molecule has 0 spiro atoms. The van der Waals surface area contributed by atoms with Crippen molar-refractivity contribution in [1.29, 1.82) is 0 Å². The highest BCUT2D eigenvalue weighted by Crippen LogP contribution is 2.39. The Balaban J connectivity index is 2.68. The first-order chi connectivity index (χ1) is 9.86. The molecule has 21 heavy (non-hydrogen) atoms. The van der Waals surface area contributed by atoms with Crippen LogP contribution < -0.4 is 10.5 Å². The van der Waals surface area contributed by atoms with Crippen molar-refractivity contribution in [1.82, 2.24) is 0 Å². The van der Waals surface area contributed by atoms with E-state index in [1.54, 1.807) is 7.11 Å². The van der Waals surface area contributed by atoms with Gasteiger partial charge in [-0.2, -0.15) is 0 Å². The molecule has 2 aromatic rings. The summed E-state index contributed by atoms with van der Waals surface area (Å²) in [4.78, 5) is 0. The maximum atomic E-state index is 6.49. The molecular formula is C16H16Br2ClNO. The van der Waals surface area contributed by atoms with Gasteiger partial charge < -0.3 is 10.5 Å². The summed E-state index contributed by atoms with van der Waals surface area (Å²) in [5.41, 5.74) is 10.4. The van der Waals surface area contributed by atoms with Crippen LogP contribution >= 0.6 is 43.5 Å². The van der Waals surface area contributed by atoms with E-state index in [1.165, 1.54) is 0 Å². The molecule has 2 N–H and O–H groups in total. The molecule has 0 bridgehead atoms. The summed E-state index contributed by atoms with van der Waals surface area (Å²) in [6.07, 6.45) is 0. The highest BCUT2D eigenvalue weighted by molar-refractivity contribution is 9.10. The number of halogens is 3. The van der Waals surface area contributed by atoms with Crippen molar-refractivity contribution in [2.75, 3.05) is 7.11 Å². The average Bonchev–Trinajstić information content (AvgIpc) is 2.44. The van der Waals surface area contributed by atoms with Crippen molar-refractivity contribution >= 4 is 43.5 Å². The minimum atomic E-state index is -0.360. The molecule has 0 saturated carbocycles. The van der Waals surface area contributed by atoms with Crippen LogP contribution in [0.1, 0.15) is 28.3 Å². The monoisotopic (exact) mass is 431 g/mol. The van der Waals surface area contributed by atoms with Gasteiger partial charge in [0.25, 0.3) is 0 Å². The van der Waals surface area contributed by atoms with Gasteiger partial charge in [-0.05, 0) is 54.8 Å². The molecule has 0 aliphatic heterocycles. The second-order valence-corrected chi connectivity index (χ2v) is 7.07. The third-order valence-electron chi connectivity index (χ3n) is 3.52. The van der Waals surface area contributed by atoms with Crippen molar-refractivity contribution in [2.24, 2.45) is 5.73 Å². The third kappa shape index (κ3) is 3.29. The predicted octanol–water partition coefficient (Wildman–Crippen LogP) is 5.54. The Bertz CT molecular complexity index is 688. The fourth-order valence-electron chi connectivity index (χ4n) is 2.43. The van der Waals surface area contributed by atoms with Crippen LogP contribution in [0.15, 0.2) is 33.2 Å². The van der Waals surface area contributed by atoms with Crippen LogP contribution in [0.25, 0.3) is 0 Å². The van der Waals surface area contributed by atoms with Gasteiger partial charge in [0.2, 0.25) is 0 Å². The van der Waals surface area contributed by atoms with Gasteiger partial charge >= 0.3 is 0 Å². The Morgan fingerprint density at radius 3 is 2.48 bits per heavy atom. The van der Waals surface area contributed by atoms with Crippen LogP contribution in [0, 0.1) is 13.8 Å². The summed E-state index contributed by atoms with van der Waals surface area (Å²) in [5, 5.41) is 0.643. The maximum absolute atomic E-state index is 6.49. The number of nitrogens with two attached hydrogens (primary N) is 1. The normalized spacial score (nSPS) is 12.3. The van der Waals surface area contributed by atoms with E-state index >= 15 is 0 Å². The number of ether oxygens (including phenoxy) is 1. The molecule has 2 aromatic carbocycles. The first-order valence-electron chi connectivity index (χ1n) is 6.41. The second kappa shape index (κ2) is 6.69. The summed E-state index contributed by atoms with van der Waals surface area (Å²) in [6, 6.07) is 7.36. The van der Waals surface area contributed by atoms with Crippen LogP contribution in [0.4, 0.5) is 0 Å². The molecule has 0 radical (unpaired) electrons. The van der Waals surface area contributed by atoms with E-state index in [0.29, 0.717) is 5.02 Å². The van der Waals surface area contributed by atoms with Crippen molar-refractivity contribution in [2.45, 2.75) is 19.9 Å². The molecular weight excluding hydrogens is 417 g/mol. The van der Waals surface area contributed by atoms with Crippen LogP contribution in [-0.2, 0) is 0 Å². The molecule has 0 aliphatic carbocycles. The van der Waals surface area contributed by atoms with E-state index in [9.17, 15) is 0 Å². The zero-order valence-electron chi connectivity index (χ0n) is 12.0. The topological polar surface area (TPSA) is 35.2 Å². The van der Waals surface area contributed by atoms with Crippen LogP contribution in [0.2, 0.25) is 5.02 Å². The Kier molecular flexibility index (Phi) is 5.36. The molecule has 0 fully saturated rings. The lowest BCUT2D eigenvalue weighted by molar-refractivity contribution is 0.404. The zero-order chi connectivity index (χ0) is 15.7. The number of hydrogen-bond donors (Lipinski definition) is 1. The van der Waals surface area contributed by atoms with Gasteiger partial charge in [-0.1, -0.05) is 43.5 Å². The smallest absolute Gasteiger partial charge is 0.127 e. The zero-order valence-corrected chi connectivity index (χ0v) is 15.9. The fourth-order valence-corrected chi connectivity index (χ4v) is 3.60. The summed E-state index contributed by atoms with van der Waals surface area (Å²) >= 11 is 13.4. The summed E-state index contributed by atoms with van der Waals surface area (Å²) < 4.78 is 7.53. The number of benzene rings is 2. The Morgan fingerprint density at radius 1 is 1.19 bits per heavy atom. The summed E-state index contributed by atoms with van der Waals surface area (Å²) in [6.45, 7) is 4.02. The summed E-state index contributed by atoms with van der Waals surface area (Å²) in [7, 11) is 1.66. The highest BCUT2D eigenvalue weighted by Gasteiger charge is 2.22. The fraction of sp³-hybridized carbons (Fsp3) is 0.250. The van der Waals surface area contributed by atoms with Crippen molar-refractivity contribution in [3.8, 4) is 5.75 Å². The predicted molar refractivity (Wildman–Crippen MR) is 95.4 cm³/mol. The van der Waals surface area contributed by atoms with Gasteiger partial charge in [0.1, 0.15) is 5.75 Å². The van der Waals surface area contributed by atoms with Gasteiger partial charge in [-0.15, -0.1) is 0 Å². The number of methoxy groups -OCH3 is 1. The third-order valence-corrected chi connectivity index (χ3v) is 5.18. The van der Waals surface area contributed by atoms with Crippen LogP contribution in [-0.4, -0.2) is 7.11 Å². The van der Waals surface area contributed by atoms with Crippen molar-refractivity contribution < 1.29 is 4.74 Å². The van der Waals surface area contributed by atoms with Gasteiger partial charge in [0.05, 0.1) is 13.2 Å². The van der Waals surface area contributed by atoms with E-state index in [4.69, 9.17) is 22.1 Å². The lowest BCUT2D eigenvalue weighted by Gasteiger charge is -2.22. The largest absolute Gasteiger partial charge is 0.496 e. The molecule has 2 nitrogen and oxygen atoms in total. The molecule has 0 heterocycles. The first-order valence-corrected chi connectivity index (χ1v) is 8.37. The van der Waals surface area contributed by atoms with Crippen molar-refractivity contribution in [3.63, 3.8) is 0 Å². The Hall–Kier alpha value is -0.550. The van der Waals surface area contributed by atoms with E-state index in [-0.39, 0.29) is 6.04 Å². The molecule has 1 atom stereocenters. The van der Waals surface area contributed by atoms with E-state index < -0.39 is 0 Å². The highest BCUT2D eigenvalue weighted by atomic mass is 79.9. The summed E-state index contributed by atoms with van der Waals surface area (Å²) in [5.74, 6) is 0.805. The van der Waals surface area contributed by atoms with E-state index in [1.807, 2.05) is 38.1 Å². The molecule has 112 valence electrons. The molecule has 0 aromatic heterocycles. The first kappa shape index (κ1) is 16.8. The number of aryl methyl sites for hydroxylation is 1. The second-order valence-electron chi connectivity index (χ2n) is 4.89. The molecule has 0 saturated heterocycles. The van der Waals surface area contributed by atoms with E-state index in [0.717, 1.165) is 36.9 Å². The Morgan fingerprint density at radius 2 is 1.86 bits per heavy atom.